The summed E-state index contributed by atoms with van der Waals surface area (Å²) in [5.41, 5.74) is -0.571. The van der Waals surface area contributed by atoms with E-state index in [0.717, 1.165) is 0 Å². The number of carbonyl (C=O) groups excluding carboxylic acids is 1. The first kappa shape index (κ1) is 20.2. The zero-order chi connectivity index (χ0) is 17.0. The Kier molecular flexibility index (Phi) is 7.15. The summed E-state index contributed by atoms with van der Waals surface area (Å²) < 4.78 is 29.9. The van der Waals surface area contributed by atoms with Crippen LogP contribution in [0.3, 0.4) is 0 Å². The smallest absolute Gasteiger partial charge is 0.410 e. The second-order valence-electron chi connectivity index (χ2n) is 6.51. The third kappa shape index (κ3) is 6.65. The van der Waals surface area contributed by atoms with Crippen molar-refractivity contribution in [1.82, 2.24) is 9.21 Å². The maximum absolute atomic E-state index is 12.1. The molecule has 6 nitrogen and oxygen atoms in total. The van der Waals surface area contributed by atoms with Crippen molar-refractivity contribution in [2.24, 2.45) is 0 Å². The number of nitrogens with zero attached hydrogens (tertiary/aromatic N) is 2. The topological polar surface area (TPSA) is 66.9 Å². The van der Waals surface area contributed by atoms with Crippen LogP contribution in [0, 0.1) is 0 Å². The van der Waals surface area contributed by atoms with Crippen molar-refractivity contribution in [1.29, 1.82) is 0 Å². The lowest BCUT2D eigenvalue weighted by Crippen LogP contribution is -2.48. The molecular weight excluding hydrogens is 292 g/mol. The van der Waals surface area contributed by atoms with Gasteiger partial charge in [-0.2, -0.15) is 4.31 Å². The summed E-state index contributed by atoms with van der Waals surface area (Å²) in [5.74, 6) is 0. The van der Waals surface area contributed by atoms with Crippen molar-refractivity contribution >= 4 is 16.1 Å². The van der Waals surface area contributed by atoms with Crippen LogP contribution in [0.2, 0.25) is 0 Å². The SMILES string of the molecule is CC(C)OC(=O)N(CCC(C)(C)N(C)S(C)(=O)=O)C(C)C. The number of amides is 1. The van der Waals surface area contributed by atoms with Gasteiger partial charge in [0.15, 0.2) is 0 Å². The number of carbonyl (C=O) groups is 1. The molecule has 0 aromatic heterocycles. The highest BCUT2D eigenvalue weighted by Gasteiger charge is 2.31. The van der Waals surface area contributed by atoms with Gasteiger partial charge in [-0.25, -0.2) is 13.2 Å². The van der Waals surface area contributed by atoms with Gasteiger partial charge in [-0.15, -0.1) is 0 Å². The number of hydrogen-bond acceptors (Lipinski definition) is 4. The molecule has 0 aromatic rings. The highest BCUT2D eigenvalue weighted by Crippen LogP contribution is 2.21. The molecule has 0 aliphatic rings. The summed E-state index contributed by atoms with van der Waals surface area (Å²) in [6.07, 6.45) is 1.17. The number of ether oxygens (including phenoxy) is 1. The fourth-order valence-corrected chi connectivity index (χ4v) is 2.82. The van der Waals surface area contributed by atoms with Crippen LogP contribution in [-0.4, -0.2) is 61.2 Å². The lowest BCUT2D eigenvalue weighted by Gasteiger charge is -2.36. The summed E-state index contributed by atoms with van der Waals surface area (Å²) in [7, 11) is -1.71. The molecule has 7 heteroatoms. The zero-order valence-electron chi connectivity index (χ0n) is 14.5. The second-order valence-corrected chi connectivity index (χ2v) is 8.53. The molecular formula is C14H30N2O4S. The lowest BCUT2D eigenvalue weighted by atomic mass is 10.0. The van der Waals surface area contributed by atoms with Crippen LogP contribution in [0.25, 0.3) is 0 Å². The minimum atomic E-state index is -3.27. The molecule has 0 aliphatic carbocycles. The van der Waals surface area contributed by atoms with Gasteiger partial charge in [-0.3, -0.25) is 0 Å². The van der Waals surface area contributed by atoms with E-state index in [2.05, 4.69) is 0 Å². The molecule has 0 saturated heterocycles. The molecule has 0 radical (unpaired) electrons. The Morgan fingerprint density at radius 1 is 1.19 bits per heavy atom. The Labute approximate surface area is 129 Å². The van der Waals surface area contributed by atoms with Gasteiger partial charge in [0.1, 0.15) is 0 Å². The Balaban J connectivity index is 4.88. The van der Waals surface area contributed by atoms with Gasteiger partial charge in [-0.1, -0.05) is 0 Å². The molecule has 0 unspecified atom stereocenters. The maximum Gasteiger partial charge on any atom is 0.410 e. The van der Waals surface area contributed by atoms with Crippen LogP contribution < -0.4 is 0 Å². The highest BCUT2D eigenvalue weighted by molar-refractivity contribution is 7.88. The van der Waals surface area contributed by atoms with Crippen LogP contribution >= 0.6 is 0 Å². The van der Waals surface area contributed by atoms with Gasteiger partial charge < -0.3 is 9.64 Å². The Hall–Kier alpha value is -0.820. The molecule has 0 N–H and O–H groups in total. The average Bonchev–Trinajstić information content (AvgIpc) is 2.25. The lowest BCUT2D eigenvalue weighted by molar-refractivity contribution is 0.0631. The van der Waals surface area contributed by atoms with E-state index in [1.54, 1.807) is 25.8 Å². The minimum absolute atomic E-state index is 0.00408. The van der Waals surface area contributed by atoms with Gasteiger partial charge in [0.25, 0.3) is 0 Å². The van der Waals surface area contributed by atoms with Crippen molar-refractivity contribution in [3.05, 3.63) is 0 Å². The second kappa shape index (κ2) is 7.45. The van der Waals surface area contributed by atoms with E-state index in [0.29, 0.717) is 13.0 Å². The molecule has 21 heavy (non-hydrogen) atoms. The quantitative estimate of drug-likeness (QED) is 0.721. The van der Waals surface area contributed by atoms with Crippen molar-refractivity contribution in [2.75, 3.05) is 19.8 Å². The minimum Gasteiger partial charge on any atom is -0.447 e. The fraction of sp³-hybridized carbons (Fsp3) is 0.929. The number of rotatable bonds is 7. The molecule has 0 bridgehead atoms. The molecule has 126 valence electrons. The molecule has 0 saturated carbocycles. The summed E-state index contributed by atoms with van der Waals surface area (Å²) >= 11 is 0. The van der Waals surface area contributed by atoms with E-state index in [1.165, 1.54) is 10.6 Å². The van der Waals surface area contributed by atoms with E-state index in [4.69, 9.17) is 4.74 Å². The van der Waals surface area contributed by atoms with E-state index in [9.17, 15) is 13.2 Å². The predicted molar refractivity (Wildman–Crippen MR) is 84.8 cm³/mol. The summed E-state index contributed by atoms with van der Waals surface area (Å²) in [5, 5.41) is 0. The third-order valence-electron chi connectivity index (χ3n) is 3.51. The van der Waals surface area contributed by atoms with E-state index in [1.807, 2.05) is 27.7 Å². The van der Waals surface area contributed by atoms with Crippen LogP contribution in [0.15, 0.2) is 0 Å². The Morgan fingerprint density at radius 3 is 2.00 bits per heavy atom. The van der Waals surface area contributed by atoms with Gasteiger partial charge in [0.05, 0.1) is 12.4 Å². The predicted octanol–water partition coefficient (Wildman–Crippen LogP) is 2.30. The van der Waals surface area contributed by atoms with E-state index >= 15 is 0 Å². The fourth-order valence-electron chi connectivity index (χ4n) is 1.83. The number of sulfonamides is 1. The van der Waals surface area contributed by atoms with Gasteiger partial charge in [-0.05, 0) is 48.0 Å². The summed E-state index contributed by atoms with van der Waals surface area (Å²) in [6.45, 7) is 11.6. The monoisotopic (exact) mass is 322 g/mol. The molecule has 0 aliphatic heterocycles. The average molecular weight is 322 g/mol. The first-order valence-electron chi connectivity index (χ1n) is 7.20. The summed E-state index contributed by atoms with van der Waals surface area (Å²) in [6, 6.07) is -0.00408. The highest BCUT2D eigenvalue weighted by atomic mass is 32.2. The Bertz CT molecular complexity index is 444. The van der Waals surface area contributed by atoms with Gasteiger partial charge in [0, 0.05) is 25.2 Å². The van der Waals surface area contributed by atoms with Gasteiger partial charge in [0.2, 0.25) is 10.0 Å². The largest absolute Gasteiger partial charge is 0.447 e. The van der Waals surface area contributed by atoms with Gasteiger partial charge >= 0.3 is 6.09 Å². The van der Waals surface area contributed by atoms with E-state index in [-0.39, 0.29) is 18.2 Å². The number of hydrogen-bond donors (Lipinski definition) is 0. The molecule has 0 rings (SSSR count). The van der Waals surface area contributed by atoms with Crippen LogP contribution in [0.1, 0.15) is 48.0 Å². The molecule has 1 amide bonds. The van der Waals surface area contributed by atoms with Crippen LogP contribution in [0.4, 0.5) is 4.79 Å². The van der Waals surface area contributed by atoms with Crippen molar-refractivity contribution in [3.63, 3.8) is 0 Å². The summed E-state index contributed by atoms with van der Waals surface area (Å²) in [4.78, 5) is 13.7. The molecule has 0 spiro atoms. The maximum atomic E-state index is 12.1. The van der Waals surface area contributed by atoms with Crippen LogP contribution in [-0.2, 0) is 14.8 Å². The third-order valence-corrected chi connectivity index (χ3v) is 5.00. The Morgan fingerprint density at radius 2 is 1.67 bits per heavy atom. The zero-order valence-corrected chi connectivity index (χ0v) is 15.3. The standard InChI is InChI=1S/C14H30N2O4S/c1-11(2)16(13(17)20-12(3)4)10-9-14(5,6)15(7)21(8,18)19/h11-12H,9-10H2,1-8H3. The normalized spacial score (nSPS) is 13.1. The first-order valence-corrected chi connectivity index (χ1v) is 9.05. The molecule has 0 heterocycles. The van der Waals surface area contributed by atoms with Crippen molar-refractivity contribution in [2.45, 2.75) is 65.6 Å². The molecule has 0 fully saturated rings. The van der Waals surface area contributed by atoms with Crippen molar-refractivity contribution < 1.29 is 17.9 Å². The van der Waals surface area contributed by atoms with Crippen LogP contribution in [0.5, 0.6) is 0 Å². The molecule has 0 atom stereocenters. The first-order chi connectivity index (χ1) is 9.29. The molecule has 0 aromatic carbocycles. The van der Waals surface area contributed by atoms with E-state index < -0.39 is 15.6 Å². The van der Waals surface area contributed by atoms with Crippen molar-refractivity contribution in [3.8, 4) is 0 Å².